The molecule has 160 valence electrons. The Kier molecular flexibility index (Phi) is 4.77. The third-order valence-electron chi connectivity index (χ3n) is 5.26. The topological polar surface area (TPSA) is 77.5 Å². The number of thiazole rings is 1. The van der Waals surface area contributed by atoms with Crippen molar-refractivity contribution in [2.45, 2.75) is 45.4 Å². The summed E-state index contributed by atoms with van der Waals surface area (Å²) in [7, 11) is 0. The zero-order valence-corrected chi connectivity index (χ0v) is 18.5. The summed E-state index contributed by atoms with van der Waals surface area (Å²) in [5.41, 5.74) is 3.42. The van der Waals surface area contributed by atoms with E-state index in [2.05, 4.69) is 10.2 Å². The Labute approximate surface area is 184 Å². The van der Waals surface area contributed by atoms with Crippen LogP contribution in [0.1, 0.15) is 27.2 Å². The van der Waals surface area contributed by atoms with Crippen LogP contribution in [-0.2, 0) is 11.3 Å². The largest absolute Gasteiger partial charge is 0.444 e. The first-order chi connectivity index (χ1) is 14.9. The van der Waals surface area contributed by atoms with Crippen molar-refractivity contribution in [2.75, 3.05) is 6.54 Å². The molecule has 0 aromatic carbocycles. The molecule has 0 N–H and O–H groups in total. The number of carbonyl (C=O) groups excluding carboxylic acids is 1. The Morgan fingerprint density at radius 2 is 2.13 bits per heavy atom. The minimum Gasteiger partial charge on any atom is -0.444 e. The van der Waals surface area contributed by atoms with Gasteiger partial charge in [-0.25, -0.2) is 14.3 Å². The van der Waals surface area contributed by atoms with Crippen LogP contribution in [0.2, 0.25) is 0 Å². The minimum absolute atomic E-state index is 0.104. The number of aromatic nitrogens is 5. The van der Waals surface area contributed by atoms with Crippen molar-refractivity contribution in [1.29, 1.82) is 0 Å². The molecule has 0 aliphatic carbocycles. The first-order valence-corrected chi connectivity index (χ1v) is 11.2. The number of likely N-dealkylation sites (tertiary alicyclic amines) is 1. The molecule has 1 saturated heterocycles. The summed E-state index contributed by atoms with van der Waals surface area (Å²) in [6.45, 7) is 7.02. The molecule has 9 heteroatoms. The summed E-state index contributed by atoms with van der Waals surface area (Å²) in [6.07, 6.45) is 8.28. The minimum atomic E-state index is -0.487. The van der Waals surface area contributed by atoms with Crippen molar-refractivity contribution >= 4 is 22.9 Å². The smallest absolute Gasteiger partial charge is 0.410 e. The Hall–Kier alpha value is -3.20. The molecule has 4 aromatic heterocycles. The van der Waals surface area contributed by atoms with E-state index in [1.807, 2.05) is 78.3 Å². The molecule has 31 heavy (non-hydrogen) atoms. The zero-order valence-electron chi connectivity index (χ0n) is 17.7. The summed E-state index contributed by atoms with van der Waals surface area (Å²) in [5, 5.41) is 11.9. The highest BCUT2D eigenvalue weighted by Crippen LogP contribution is 2.31. The molecule has 1 aliphatic rings. The van der Waals surface area contributed by atoms with Crippen molar-refractivity contribution in [3.05, 3.63) is 48.4 Å². The van der Waals surface area contributed by atoms with E-state index in [0.29, 0.717) is 6.54 Å². The zero-order chi connectivity index (χ0) is 21.6. The van der Waals surface area contributed by atoms with Crippen molar-refractivity contribution in [3.8, 4) is 21.8 Å². The Morgan fingerprint density at radius 3 is 2.90 bits per heavy atom. The van der Waals surface area contributed by atoms with Crippen molar-refractivity contribution in [2.24, 2.45) is 0 Å². The fraction of sp³-hybridized carbons (Fsp3) is 0.364. The highest BCUT2D eigenvalue weighted by molar-refractivity contribution is 7.13. The summed E-state index contributed by atoms with van der Waals surface area (Å²) >= 11 is 1.59. The van der Waals surface area contributed by atoms with Gasteiger partial charge in [0.1, 0.15) is 10.6 Å². The second-order valence-electron chi connectivity index (χ2n) is 8.69. The molecule has 4 aromatic rings. The van der Waals surface area contributed by atoms with Gasteiger partial charge in [0.2, 0.25) is 0 Å². The van der Waals surface area contributed by atoms with Crippen LogP contribution < -0.4 is 0 Å². The highest BCUT2D eigenvalue weighted by Gasteiger charge is 2.35. The second kappa shape index (κ2) is 7.49. The average Bonchev–Trinajstić information content (AvgIpc) is 3.41. The highest BCUT2D eigenvalue weighted by atomic mass is 32.1. The van der Waals surface area contributed by atoms with E-state index in [-0.39, 0.29) is 12.1 Å². The molecule has 5 rings (SSSR count). The van der Waals surface area contributed by atoms with E-state index in [9.17, 15) is 4.79 Å². The second-order valence-corrected chi connectivity index (χ2v) is 9.55. The van der Waals surface area contributed by atoms with Gasteiger partial charge in [0.05, 0.1) is 41.8 Å². The van der Waals surface area contributed by atoms with E-state index in [1.54, 1.807) is 16.2 Å². The number of ether oxygens (including phenoxy) is 1. The van der Waals surface area contributed by atoms with Crippen LogP contribution >= 0.6 is 11.3 Å². The lowest BCUT2D eigenvalue weighted by molar-refractivity contribution is -0.00883. The monoisotopic (exact) mass is 436 g/mol. The third kappa shape index (κ3) is 3.93. The number of fused-ring (bicyclic) bond motifs is 1. The lowest BCUT2D eigenvalue weighted by Gasteiger charge is -2.41. The lowest BCUT2D eigenvalue weighted by atomic mass is 10.0. The van der Waals surface area contributed by atoms with Crippen LogP contribution in [0.3, 0.4) is 0 Å². The van der Waals surface area contributed by atoms with Gasteiger partial charge in [0.15, 0.2) is 0 Å². The first kappa shape index (κ1) is 19.7. The molecule has 0 radical (unpaired) electrons. The van der Waals surface area contributed by atoms with E-state index in [4.69, 9.17) is 9.72 Å². The molecule has 1 amide bonds. The van der Waals surface area contributed by atoms with Gasteiger partial charge in [-0.05, 0) is 39.3 Å². The van der Waals surface area contributed by atoms with Gasteiger partial charge in [-0.2, -0.15) is 10.2 Å². The van der Waals surface area contributed by atoms with Gasteiger partial charge in [0.25, 0.3) is 0 Å². The average molecular weight is 437 g/mol. The Balaban J connectivity index is 1.29. The number of hydrogen-bond donors (Lipinski definition) is 0. The number of pyridine rings is 1. The van der Waals surface area contributed by atoms with Crippen LogP contribution in [0, 0.1) is 0 Å². The van der Waals surface area contributed by atoms with Crippen molar-refractivity contribution in [1.82, 2.24) is 29.3 Å². The van der Waals surface area contributed by atoms with E-state index in [0.717, 1.165) is 40.3 Å². The molecule has 1 unspecified atom stereocenters. The van der Waals surface area contributed by atoms with Gasteiger partial charge in [-0.15, -0.1) is 11.3 Å². The number of hydrogen-bond acceptors (Lipinski definition) is 6. The van der Waals surface area contributed by atoms with E-state index in [1.165, 1.54) is 0 Å². The fourth-order valence-electron chi connectivity index (χ4n) is 3.63. The predicted molar refractivity (Wildman–Crippen MR) is 119 cm³/mol. The number of nitrogens with zero attached hydrogens (tertiary/aromatic N) is 6. The van der Waals surface area contributed by atoms with Gasteiger partial charge >= 0.3 is 6.09 Å². The molecule has 8 nitrogen and oxygen atoms in total. The molecule has 1 fully saturated rings. The molecule has 5 heterocycles. The maximum Gasteiger partial charge on any atom is 0.410 e. The van der Waals surface area contributed by atoms with Crippen molar-refractivity contribution < 1.29 is 9.53 Å². The maximum absolute atomic E-state index is 12.3. The number of amides is 1. The van der Waals surface area contributed by atoms with Gasteiger partial charge in [0, 0.05) is 29.9 Å². The molecule has 1 aliphatic heterocycles. The Morgan fingerprint density at radius 1 is 1.26 bits per heavy atom. The molecule has 1 atom stereocenters. The molecular weight excluding hydrogens is 412 g/mol. The normalized spacial score (nSPS) is 16.5. The predicted octanol–water partition coefficient (Wildman–Crippen LogP) is 4.33. The van der Waals surface area contributed by atoms with Crippen LogP contribution in [-0.4, -0.2) is 53.6 Å². The molecular formula is C22H24N6O2S. The molecule has 0 bridgehead atoms. The molecule has 0 spiro atoms. The van der Waals surface area contributed by atoms with Crippen LogP contribution in [0.15, 0.2) is 48.4 Å². The van der Waals surface area contributed by atoms with E-state index < -0.39 is 5.60 Å². The summed E-state index contributed by atoms with van der Waals surface area (Å²) in [4.78, 5) is 18.9. The first-order valence-electron chi connectivity index (χ1n) is 10.3. The van der Waals surface area contributed by atoms with Crippen LogP contribution in [0.4, 0.5) is 4.79 Å². The number of carbonyl (C=O) groups is 1. The van der Waals surface area contributed by atoms with Gasteiger partial charge in [-0.3, -0.25) is 4.68 Å². The summed E-state index contributed by atoms with van der Waals surface area (Å²) in [6, 6.07) is 6.10. The quantitative estimate of drug-likeness (QED) is 0.476. The number of rotatable bonds is 4. The van der Waals surface area contributed by atoms with Gasteiger partial charge in [-0.1, -0.05) is 6.07 Å². The van der Waals surface area contributed by atoms with Crippen molar-refractivity contribution in [3.63, 3.8) is 0 Å². The summed E-state index contributed by atoms with van der Waals surface area (Å²) < 4.78 is 9.23. The standard InChI is InChI=1S/C22H24N6O2S/c1-22(2,3)30-21(29)27-9-7-16(27)13-26-12-15(10-23-26)18-14-31-20(25-18)17-11-24-28-8-5-4-6-19(17)28/h4-6,8,10-12,14,16H,7,9,13H2,1-3H3. The van der Waals surface area contributed by atoms with Crippen LogP contribution in [0.25, 0.3) is 27.3 Å². The fourth-order valence-corrected chi connectivity index (χ4v) is 4.48. The lowest BCUT2D eigenvalue weighted by Crippen LogP contribution is -2.54. The Bertz CT molecular complexity index is 1230. The summed E-state index contributed by atoms with van der Waals surface area (Å²) in [5.74, 6) is 0. The van der Waals surface area contributed by atoms with E-state index >= 15 is 0 Å². The maximum atomic E-state index is 12.3. The van der Waals surface area contributed by atoms with Gasteiger partial charge < -0.3 is 9.64 Å². The SMILES string of the molecule is CC(C)(C)OC(=O)N1CCC1Cn1cc(-c2csc(-c3cnn4ccccc34)n2)cn1. The molecule has 0 saturated carbocycles. The van der Waals surface area contributed by atoms with Crippen LogP contribution in [0.5, 0.6) is 0 Å². The third-order valence-corrected chi connectivity index (χ3v) is 6.14.